The molecule has 0 spiro atoms. The Bertz CT molecular complexity index is 681. The maximum atomic E-state index is 12.8. The molecule has 4 heteroatoms. The summed E-state index contributed by atoms with van der Waals surface area (Å²) in [5.74, 6) is 0.503. The Balaban J connectivity index is 1.95. The Morgan fingerprint density at radius 1 is 1.43 bits per heavy atom. The van der Waals surface area contributed by atoms with E-state index >= 15 is 0 Å². The van der Waals surface area contributed by atoms with Crippen molar-refractivity contribution in [2.45, 2.75) is 26.3 Å². The number of nitrogens with two attached hydrogens (primary N) is 1. The van der Waals surface area contributed by atoms with E-state index in [1.54, 1.807) is 0 Å². The fourth-order valence-corrected chi connectivity index (χ4v) is 3.06. The second-order valence-electron chi connectivity index (χ2n) is 5.99. The molecule has 0 bridgehead atoms. The molecule has 1 saturated heterocycles. The molecule has 1 aliphatic rings. The van der Waals surface area contributed by atoms with Gasteiger partial charge >= 0.3 is 0 Å². The Labute approximate surface area is 125 Å². The molecule has 2 heterocycles. The molecule has 3 rings (SSSR count). The molecule has 2 atom stereocenters. The number of aryl methyl sites for hydroxylation is 1. The third kappa shape index (κ3) is 2.63. The first-order chi connectivity index (χ1) is 10.1. The van der Waals surface area contributed by atoms with Crippen molar-refractivity contribution in [3.63, 3.8) is 0 Å². The zero-order chi connectivity index (χ0) is 15.0. The summed E-state index contributed by atoms with van der Waals surface area (Å²) in [6, 6.07) is 9.85. The molecule has 2 unspecified atom stereocenters. The van der Waals surface area contributed by atoms with E-state index in [4.69, 9.17) is 5.73 Å². The maximum absolute atomic E-state index is 12.8. The van der Waals surface area contributed by atoms with Gasteiger partial charge in [0.05, 0.1) is 11.1 Å². The third-order valence-corrected chi connectivity index (χ3v) is 4.33. The van der Waals surface area contributed by atoms with Crippen LogP contribution in [0.1, 0.15) is 29.4 Å². The van der Waals surface area contributed by atoms with E-state index in [1.807, 2.05) is 49.1 Å². The molecule has 1 aliphatic heterocycles. The number of nitrogens with zero attached hydrogens (tertiary/aromatic N) is 2. The number of carbonyl (C=O) groups is 1. The highest BCUT2D eigenvalue weighted by Crippen LogP contribution is 2.24. The molecule has 0 saturated carbocycles. The highest BCUT2D eigenvalue weighted by atomic mass is 16.2. The highest BCUT2D eigenvalue weighted by Gasteiger charge is 2.29. The minimum absolute atomic E-state index is 0.0971. The van der Waals surface area contributed by atoms with Crippen LogP contribution >= 0.6 is 0 Å². The predicted molar refractivity (Wildman–Crippen MR) is 84.1 cm³/mol. The number of aromatic nitrogens is 1. The van der Waals surface area contributed by atoms with Crippen molar-refractivity contribution in [3.05, 3.63) is 41.6 Å². The minimum Gasteiger partial charge on any atom is -0.338 e. The molecule has 1 aromatic heterocycles. The number of pyridine rings is 1. The molecule has 2 aromatic rings. The topological polar surface area (TPSA) is 59.2 Å². The zero-order valence-electron chi connectivity index (χ0n) is 12.5. The van der Waals surface area contributed by atoms with Crippen molar-refractivity contribution < 1.29 is 4.79 Å². The molecule has 21 heavy (non-hydrogen) atoms. The first kappa shape index (κ1) is 14.0. The van der Waals surface area contributed by atoms with Crippen LogP contribution in [-0.2, 0) is 0 Å². The van der Waals surface area contributed by atoms with Crippen molar-refractivity contribution in [2.24, 2.45) is 11.7 Å². The number of likely N-dealkylation sites (tertiary alicyclic amines) is 1. The Morgan fingerprint density at radius 2 is 2.19 bits per heavy atom. The largest absolute Gasteiger partial charge is 0.338 e. The van der Waals surface area contributed by atoms with Gasteiger partial charge in [-0.15, -0.1) is 0 Å². The lowest BCUT2D eigenvalue weighted by atomic mass is 10.0. The minimum atomic E-state index is 0.0971. The van der Waals surface area contributed by atoms with Crippen molar-refractivity contribution in [1.82, 2.24) is 9.88 Å². The monoisotopic (exact) mass is 283 g/mol. The maximum Gasteiger partial charge on any atom is 0.254 e. The molecule has 1 aromatic carbocycles. The van der Waals surface area contributed by atoms with E-state index in [0.717, 1.165) is 41.7 Å². The molecule has 110 valence electrons. The number of fused-ring (bicyclic) bond motifs is 1. The molecule has 0 radical (unpaired) electrons. The molecule has 1 amide bonds. The number of para-hydroxylation sites is 1. The van der Waals surface area contributed by atoms with Crippen LogP contribution in [0, 0.1) is 12.8 Å². The van der Waals surface area contributed by atoms with Crippen LogP contribution in [0.2, 0.25) is 0 Å². The van der Waals surface area contributed by atoms with Crippen LogP contribution in [-0.4, -0.2) is 34.9 Å². The van der Waals surface area contributed by atoms with E-state index in [1.165, 1.54) is 0 Å². The SMILES string of the molecule is Cc1cc(C(=O)N2CCC(C(C)N)C2)c2ccccc2n1. The summed E-state index contributed by atoms with van der Waals surface area (Å²) < 4.78 is 0. The summed E-state index contributed by atoms with van der Waals surface area (Å²) in [6.07, 6.45) is 0.991. The van der Waals surface area contributed by atoms with Crippen LogP contribution < -0.4 is 5.73 Å². The Hall–Kier alpha value is -1.94. The number of amides is 1. The van der Waals surface area contributed by atoms with E-state index in [-0.39, 0.29) is 11.9 Å². The summed E-state index contributed by atoms with van der Waals surface area (Å²) in [6.45, 7) is 5.50. The highest BCUT2D eigenvalue weighted by molar-refractivity contribution is 6.06. The van der Waals surface area contributed by atoms with Crippen molar-refractivity contribution >= 4 is 16.8 Å². The number of carbonyl (C=O) groups excluding carboxylic acids is 1. The average molecular weight is 283 g/mol. The summed E-state index contributed by atoms with van der Waals surface area (Å²) >= 11 is 0. The molecule has 1 fully saturated rings. The molecule has 2 N–H and O–H groups in total. The van der Waals surface area contributed by atoms with Gasteiger partial charge in [-0.05, 0) is 38.3 Å². The number of hydrogen-bond donors (Lipinski definition) is 1. The van der Waals surface area contributed by atoms with Gasteiger partial charge in [0.15, 0.2) is 0 Å². The first-order valence-corrected chi connectivity index (χ1v) is 7.47. The fraction of sp³-hybridized carbons (Fsp3) is 0.412. The van der Waals surface area contributed by atoms with Gasteiger partial charge in [-0.25, -0.2) is 0 Å². The van der Waals surface area contributed by atoms with E-state index in [0.29, 0.717) is 5.92 Å². The first-order valence-electron chi connectivity index (χ1n) is 7.47. The van der Waals surface area contributed by atoms with Gasteiger partial charge < -0.3 is 10.6 Å². The van der Waals surface area contributed by atoms with Crippen LogP contribution in [0.3, 0.4) is 0 Å². The van der Waals surface area contributed by atoms with Gasteiger partial charge in [0.25, 0.3) is 5.91 Å². The standard InChI is InChI=1S/C17H21N3O/c1-11-9-15(14-5-3-4-6-16(14)19-11)17(21)20-8-7-13(10-20)12(2)18/h3-6,9,12-13H,7-8,10,18H2,1-2H3. The Kier molecular flexibility index (Phi) is 3.64. The van der Waals surface area contributed by atoms with Crippen molar-refractivity contribution in [3.8, 4) is 0 Å². The average Bonchev–Trinajstić information content (AvgIpc) is 2.95. The molecular formula is C17H21N3O. The van der Waals surface area contributed by atoms with Crippen molar-refractivity contribution in [2.75, 3.05) is 13.1 Å². The lowest BCUT2D eigenvalue weighted by molar-refractivity contribution is 0.0787. The number of rotatable bonds is 2. The quantitative estimate of drug-likeness (QED) is 0.920. The lowest BCUT2D eigenvalue weighted by Crippen LogP contribution is -2.33. The van der Waals surface area contributed by atoms with E-state index in [9.17, 15) is 4.79 Å². The van der Waals surface area contributed by atoms with Gasteiger partial charge in [-0.2, -0.15) is 0 Å². The lowest BCUT2D eigenvalue weighted by Gasteiger charge is -2.19. The number of hydrogen-bond acceptors (Lipinski definition) is 3. The van der Waals surface area contributed by atoms with Crippen LogP contribution in [0.15, 0.2) is 30.3 Å². The normalized spacial score (nSPS) is 20.0. The van der Waals surface area contributed by atoms with Gasteiger partial charge in [0.1, 0.15) is 0 Å². The summed E-state index contributed by atoms with van der Waals surface area (Å²) in [7, 11) is 0. The molecule has 0 aliphatic carbocycles. The Morgan fingerprint density at radius 3 is 2.90 bits per heavy atom. The fourth-order valence-electron chi connectivity index (χ4n) is 3.06. The zero-order valence-corrected chi connectivity index (χ0v) is 12.5. The van der Waals surface area contributed by atoms with E-state index in [2.05, 4.69) is 4.98 Å². The van der Waals surface area contributed by atoms with Crippen LogP contribution in [0.5, 0.6) is 0 Å². The smallest absolute Gasteiger partial charge is 0.254 e. The molecule has 4 nitrogen and oxygen atoms in total. The van der Waals surface area contributed by atoms with Crippen molar-refractivity contribution in [1.29, 1.82) is 0 Å². The molecular weight excluding hydrogens is 262 g/mol. The second-order valence-corrected chi connectivity index (χ2v) is 5.99. The van der Waals surface area contributed by atoms with E-state index < -0.39 is 0 Å². The van der Waals surface area contributed by atoms with Gasteiger partial charge in [-0.3, -0.25) is 9.78 Å². The summed E-state index contributed by atoms with van der Waals surface area (Å²) in [4.78, 5) is 19.3. The van der Waals surface area contributed by atoms with Crippen LogP contribution in [0.4, 0.5) is 0 Å². The van der Waals surface area contributed by atoms with Gasteiger partial charge in [0, 0.05) is 30.2 Å². The predicted octanol–water partition coefficient (Wildman–Crippen LogP) is 2.35. The summed E-state index contributed by atoms with van der Waals surface area (Å²) in [5, 5.41) is 0.928. The van der Waals surface area contributed by atoms with Crippen LogP contribution in [0.25, 0.3) is 10.9 Å². The van der Waals surface area contributed by atoms with Gasteiger partial charge in [0.2, 0.25) is 0 Å². The summed E-state index contributed by atoms with van der Waals surface area (Å²) in [5.41, 5.74) is 8.47. The van der Waals surface area contributed by atoms with Gasteiger partial charge in [-0.1, -0.05) is 18.2 Å². The third-order valence-electron chi connectivity index (χ3n) is 4.33. The number of benzene rings is 1. The second kappa shape index (κ2) is 5.45.